The van der Waals surface area contributed by atoms with Crippen molar-refractivity contribution in [3.05, 3.63) is 89.2 Å². The largest absolute Gasteiger partial charge is 0.497 e. The minimum Gasteiger partial charge on any atom is -0.497 e. The van der Waals surface area contributed by atoms with Crippen LogP contribution in [0.15, 0.2) is 72.3 Å². The molecule has 2 heterocycles. The van der Waals surface area contributed by atoms with E-state index in [4.69, 9.17) is 4.74 Å². The zero-order valence-corrected chi connectivity index (χ0v) is 28.0. The van der Waals surface area contributed by atoms with Gasteiger partial charge in [-0.3, -0.25) is 9.69 Å². The molecule has 10 rings (SSSR count). The third-order valence-electron chi connectivity index (χ3n) is 14.8. The molecule has 1 aromatic heterocycles. The molecular formula is C41H48N2O4. The van der Waals surface area contributed by atoms with Crippen LogP contribution in [0.1, 0.15) is 80.4 Å². The predicted molar refractivity (Wildman–Crippen MR) is 183 cm³/mol. The number of aliphatic hydroxyl groups excluding tert-OH is 1. The first-order valence-electron chi connectivity index (χ1n) is 17.9. The van der Waals surface area contributed by atoms with Gasteiger partial charge in [0.15, 0.2) is 5.78 Å². The van der Waals surface area contributed by atoms with Crippen molar-refractivity contribution >= 4 is 16.7 Å². The van der Waals surface area contributed by atoms with Crippen LogP contribution in [0.3, 0.4) is 0 Å². The normalized spacial score (nSPS) is 40.4. The number of nitrogens with zero attached hydrogens (tertiary/aromatic N) is 1. The maximum Gasteiger partial charge on any atom is 0.189 e. The number of hydrogen-bond acceptors (Lipinski definition) is 5. The van der Waals surface area contributed by atoms with E-state index >= 15 is 0 Å². The lowest BCUT2D eigenvalue weighted by Crippen LogP contribution is -2.67. The molecule has 3 aromatic rings. The number of carbonyl (C=O) groups excluding carboxylic acids is 1. The van der Waals surface area contributed by atoms with Gasteiger partial charge in [0.2, 0.25) is 0 Å². The van der Waals surface area contributed by atoms with Gasteiger partial charge in [0, 0.05) is 63.6 Å². The summed E-state index contributed by atoms with van der Waals surface area (Å²) in [5, 5.41) is 25.2. The number of β-amino-alcohol motifs (C(OH)–C–C–N with tert-alkyl or cyclic N) is 1. The number of rotatable bonds is 5. The fourth-order valence-corrected chi connectivity index (χ4v) is 12.2. The second-order valence-corrected chi connectivity index (χ2v) is 16.5. The predicted octanol–water partition coefficient (Wildman–Crippen LogP) is 7.01. The van der Waals surface area contributed by atoms with Crippen LogP contribution < -0.4 is 4.74 Å². The summed E-state index contributed by atoms with van der Waals surface area (Å²) in [4.78, 5) is 20.9. The molecule has 6 heteroatoms. The monoisotopic (exact) mass is 632 g/mol. The van der Waals surface area contributed by atoms with E-state index in [0.29, 0.717) is 24.4 Å². The van der Waals surface area contributed by atoms with Gasteiger partial charge in [-0.2, -0.15) is 0 Å². The van der Waals surface area contributed by atoms with Gasteiger partial charge >= 0.3 is 0 Å². The van der Waals surface area contributed by atoms with Gasteiger partial charge in [0.05, 0.1) is 18.8 Å². The van der Waals surface area contributed by atoms with Gasteiger partial charge < -0.3 is 19.9 Å². The second kappa shape index (κ2) is 9.93. The standard InChI is InChI=1S/C41H48N2O4/c1-37-16-12-27(44)22-39(37)19-20-41(31(23-39)36(45)26-8-10-28(47-3)11-9-26)34(37)13-17-38(2)35(41)14-18-40(38,46)25-43-21-15-30-29-6-4-5-7-32(29)42-33(30)24-43/h4-11,19-20,23,27,34-35,42,44,46H,12-18,21-22,24-25H2,1-3H3/t27?,34-,35-,37-,38+,39+,40-,41-/m1/s1. The minimum atomic E-state index is -0.849. The lowest BCUT2D eigenvalue weighted by atomic mass is 9.32. The highest BCUT2D eigenvalue weighted by Crippen LogP contribution is 2.78. The van der Waals surface area contributed by atoms with Gasteiger partial charge in [-0.05, 0) is 105 Å². The Hall–Kier alpha value is -3.19. The number of benzene rings is 2. The Morgan fingerprint density at radius 3 is 2.53 bits per heavy atom. The minimum absolute atomic E-state index is 0.0361. The zero-order valence-electron chi connectivity index (χ0n) is 28.0. The Morgan fingerprint density at radius 2 is 1.72 bits per heavy atom. The third-order valence-corrected chi connectivity index (χ3v) is 14.8. The summed E-state index contributed by atoms with van der Waals surface area (Å²) in [6, 6.07) is 16.1. The Kier molecular flexibility index (Phi) is 6.32. The summed E-state index contributed by atoms with van der Waals surface area (Å²) in [5.74, 6) is 1.27. The third kappa shape index (κ3) is 3.81. The number of ether oxygens (including phenoxy) is 1. The van der Waals surface area contributed by atoms with E-state index in [0.717, 1.165) is 69.4 Å². The second-order valence-electron chi connectivity index (χ2n) is 16.5. The number of Topliss-reactive ketones (excluding diaryl/α,β-unsaturated/α-hetero) is 1. The van der Waals surface area contributed by atoms with Crippen LogP contribution in [0.25, 0.3) is 10.9 Å². The van der Waals surface area contributed by atoms with Crippen LogP contribution in [-0.2, 0) is 13.0 Å². The lowest BCUT2D eigenvalue weighted by Gasteiger charge is -2.71. The summed E-state index contributed by atoms with van der Waals surface area (Å²) in [6.07, 6.45) is 13.8. The fraction of sp³-hybridized carbons (Fsp3) is 0.537. The van der Waals surface area contributed by atoms with Crippen molar-refractivity contribution in [3.63, 3.8) is 0 Å². The molecule has 1 unspecified atom stereocenters. The Bertz CT molecular complexity index is 1840. The first-order chi connectivity index (χ1) is 22.6. The summed E-state index contributed by atoms with van der Waals surface area (Å²) in [7, 11) is 1.65. The van der Waals surface area contributed by atoms with E-state index in [9.17, 15) is 15.0 Å². The molecule has 3 saturated carbocycles. The quantitative estimate of drug-likeness (QED) is 0.208. The molecule has 6 aliphatic carbocycles. The van der Waals surface area contributed by atoms with Gasteiger partial charge in [0.25, 0.3) is 0 Å². The van der Waals surface area contributed by atoms with E-state index in [2.05, 4.69) is 66.2 Å². The Labute approximate surface area is 277 Å². The molecule has 8 atom stereocenters. The lowest BCUT2D eigenvalue weighted by molar-refractivity contribution is -0.176. The van der Waals surface area contributed by atoms with Crippen molar-refractivity contribution in [1.82, 2.24) is 9.88 Å². The number of aliphatic hydroxyl groups is 2. The summed E-state index contributed by atoms with van der Waals surface area (Å²) >= 11 is 0. The van der Waals surface area contributed by atoms with Crippen molar-refractivity contribution in [2.24, 2.45) is 33.5 Å². The number of aromatic amines is 1. The Morgan fingerprint density at radius 1 is 0.979 bits per heavy atom. The van der Waals surface area contributed by atoms with E-state index in [1.807, 2.05) is 24.3 Å². The van der Waals surface area contributed by atoms with Crippen LogP contribution in [0.4, 0.5) is 0 Å². The van der Waals surface area contributed by atoms with Crippen molar-refractivity contribution < 1.29 is 19.7 Å². The van der Waals surface area contributed by atoms with Crippen LogP contribution >= 0.6 is 0 Å². The van der Waals surface area contributed by atoms with Crippen molar-refractivity contribution in [2.45, 2.75) is 83.5 Å². The van der Waals surface area contributed by atoms with Gasteiger partial charge in [-0.1, -0.05) is 50.3 Å². The molecule has 0 radical (unpaired) electrons. The molecule has 7 aliphatic rings. The van der Waals surface area contributed by atoms with Crippen LogP contribution in [0, 0.1) is 33.5 Å². The van der Waals surface area contributed by atoms with Crippen molar-refractivity contribution in [2.75, 3.05) is 20.2 Å². The Balaban J connectivity index is 1.10. The maximum atomic E-state index is 14.8. The van der Waals surface area contributed by atoms with Crippen LogP contribution in [-0.4, -0.2) is 57.8 Å². The first kappa shape index (κ1) is 29.9. The number of carbonyl (C=O) groups is 1. The molecule has 246 valence electrons. The number of ketones is 1. The number of methoxy groups -OCH3 is 1. The fourth-order valence-electron chi connectivity index (χ4n) is 12.2. The summed E-state index contributed by atoms with van der Waals surface area (Å²) < 4.78 is 5.41. The maximum absolute atomic E-state index is 14.8. The molecule has 3 fully saturated rings. The van der Waals surface area contributed by atoms with Gasteiger partial charge in [-0.25, -0.2) is 0 Å². The molecule has 47 heavy (non-hydrogen) atoms. The van der Waals surface area contributed by atoms with Crippen LogP contribution in [0.5, 0.6) is 5.75 Å². The van der Waals surface area contributed by atoms with E-state index in [1.165, 1.54) is 22.2 Å². The number of fused-ring (bicyclic) bond motifs is 4. The highest BCUT2D eigenvalue weighted by atomic mass is 16.5. The number of nitrogens with one attached hydrogen (secondary N) is 1. The summed E-state index contributed by atoms with van der Waals surface area (Å²) in [5.41, 5.74) is 3.50. The number of H-pyrrole nitrogens is 1. The molecule has 2 aromatic carbocycles. The first-order valence-corrected chi connectivity index (χ1v) is 17.9. The molecule has 0 saturated heterocycles. The molecule has 1 aliphatic heterocycles. The van der Waals surface area contributed by atoms with Gasteiger partial charge in [0.1, 0.15) is 5.75 Å². The van der Waals surface area contributed by atoms with Crippen molar-refractivity contribution in [3.8, 4) is 5.75 Å². The number of hydrogen-bond donors (Lipinski definition) is 3. The van der Waals surface area contributed by atoms with Gasteiger partial charge in [-0.15, -0.1) is 0 Å². The molecule has 6 nitrogen and oxygen atoms in total. The van der Waals surface area contributed by atoms with E-state index < -0.39 is 11.0 Å². The number of aromatic nitrogens is 1. The molecule has 3 N–H and O–H groups in total. The number of para-hydroxylation sites is 1. The molecule has 0 amide bonds. The topological polar surface area (TPSA) is 85.8 Å². The molecule has 2 bridgehead atoms. The average Bonchev–Trinajstić information content (AvgIpc) is 3.57. The molecule has 2 spiro atoms. The van der Waals surface area contributed by atoms with Crippen LogP contribution in [0.2, 0.25) is 0 Å². The highest BCUT2D eigenvalue weighted by Gasteiger charge is 2.74. The van der Waals surface area contributed by atoms with E-state index in [1.54, 1.807) is 7.11 Å². The SMILES string of the molecule is COc1ccc(C(=O)C2=C[C@@]34C=C[C@@]25[C@@H]2CC[C@@](O)(CN6CCc7c([nH]c8ccccc78)C6)[C@@]2(C)CC[C@@H]5[C@@]3(C)CCC(O)C4)cc1. The van der Waals surface area contributed by atoms with E-state index in [-0.39, 0.29) is 34.1 Å². The number of allylic oxidation sites excluding steroid dienone is 4. The van der Waals surface area contributed by atoms with Crippen molar-refractivity contribution in [1.29, 1.82) is 0 Å². The molecular weight excluding hydrogens is 584 g/mol. The summed E-state index contributed by atoms with van der Waals surface area (Å²) in [6.45, 7) is 7.21. The smallest absolute Gasteiger partial charge is 0.189 e. The highest BCUT2D eigenvalue weighted by molar-refractivity contribution is 6.10. The average molecular weight is 633 g/mol. The zero-order chi connectivity index (χ0) is 32.4.